The molecule has 1 aliphatic heterocycles. The molecule has 0 spiro atoms. The molecule has 0 aromatic heterocycles. The molecule has 2 N–H and O–H groups in total. The van der Waals surface area contributed by atoms with Crippen molar-refractivity contribution in [2.24, 2.45) is 5.73 Å². The normalized spacial score (nSPS) is 27.5. The summed E-state index contributed by atoms with van der Waals surface area (Å²) in [4.78, 5) is 2.50. The van der Waals surface area contributed by atoms with Gasteiger partial charge in [0.2, 0.25) is 0 Å². The van der Waals surface area contributed by atoms with Gasteiger partial charge in [-0.05, 0) is 26.3 Å². The SMILES string of the molecule is CCC(C)N1CCOC(CCN)C1. The Morgan fingerprint density at radius 1 is 1.62 bits per heavy atom. The van der Waals surface area contributed by atoms with Crippen LogP contribution in [-0.2, 0) is 4.74 Å². The molecule has 1 rings (SSSR count). The predicted octanol–water partition coefficient (Wildman–Crippen LogP) is 0.834. The van der Waals surface area contributed by atoms with E-state index in [0.717, 1.165) is 32.7 Å². The largest absolute Gasteiger partial charge is 0.376 e. The first-order valence-corrected chi connectivity index (χ1v) is 5.33. The lowest BCUT2D eigenvalue weighted by Gasteiger charge is -2.36. The van der Waals surface area contributed by atoms with Crippen LogP contribution in [0.25, 0.3) is 0 Å². The van der Waals surface area contributed by atoms with Gasteiger partial charge in [0, 0.05) is 19.1 Å². The molecule has 0 radical (unpaired) electrons. The molecule has 2 unspecified atom stereocenters. The fourth-order valence-corrected chi connectivity index (χ4v) is 1.76. The van der Waals surface area contributed by atoms with Crippen molar-refractivity contribution in [3.05, 3.63) is 0 Å². The van der Waals surface area contributed by atoms with E-state index in [1.54, 1.807) is 0 Å². The van der Waals surface area contributed by atoms with Gasteiger partial charge < -0.3 is 10.5 Å². The van der Waals surface area contributed by atoms with Gasteiger partial charge in [-0.25, -0.2) is 0 Å². The molecule has 0 aliphatic carbocycles. The quantitative estimate of drug-likeness (QED) is 0.707. The van der Waals surface area contributed by atoms with Crippen LogP contribution in [0, 0.1) is 0 Å². The highest BCUT2D eigenvalue weighted by molar-refractivity contribution is 4.75. The second-order valence-corrected chi connectivity index (χ2v) is 3.82. The third-order valence-corrected chi connectivity index (χ3v) is 2.87. The van der Waals surface area contributed by atoms with Crippen LogP contribution in [0.2, 0.25) is 0 Å². The first kappa shape index (κ1) is 11.0. The van der Waals surface area contributed by atoms with E-state index in [1.807, 2.05) is 0 Å². The molecule has 13 heavy (non-hydrogen) atoms. The van der Waals surface area contributed by atoms with Crippen molar-refractivity contribution in [3.8, 4) is 0 Å². The fourth-order valence-electron chi connectivity index (χ4n) is 1.76. The summed E-state index contributed by atoms with van der Waals surface area (Å²) in [5.74, 6) is 0. The van der Waals surface area contributed by atoms with Crippen LogP contribution in [0.15, 0.2) is 0 Å². The summed E-state index contributed by atoms with van der Waals surface area (Å²) < 4.78 is 5.62. The monoisotopic (exact) mass is 186 g/mol. The number of nitrogens with zero attached hydrogens (tertiary/aromatic N) is 1. The van der Waals surface area contributed by atoms with E-state index < -0.39 is 0 Å². The summed E-state index contributed by atoms with van der Waals surface area (Å²) in [6, 6.07) is 0.684. The zero-order valence-electron chi connectivity index (χ0n) is 8.83. The molecule has 3 heteroatoms. The fraction of sp³-hybridized carbons (Fsp3) is 1.00. The van der Waals surface area contributed by atoms with E-state index >= 15 is 0 Å². The van der Waals surface area contributed by atoms with Crippen LogP contribution in [0.4, 0.5) is 0 Å². The predicted molar refractivity (Wildman–Crippen MR) is 54.7 cm³/mol. The standard InChI is InChI=1S/C10H22N2O/c1-3-9(2)12-6-7-13-10(8-12)4-5-11/h9-10H,3-8,11H2,1-2H3. The van der Waals surface area contributed by atoms with Gasteiger partial charge in [0.15, 0.2) is 0 Å². The van der Waals surface area contributed by atoms with Crippen molar-refractivity contribution >= 4 is 0 Å². The van der Waals surface area contributed by atoms with Gasteiger partial charge in [0.05, 0.1) is 12.7 Å². The Morgan fingerprint density at radius 3 is 3.00 bits per heavy atom. The summed E-state index contributed by atoms with van der Waals surface area (Å²) in [5, 5.41) is 0. The summed E-state index contributed by atoms with van der Waals surface area (Å²) in [6.45, 7) is 8.26. The highest BCUT2D eigenvalue weighted by Crippen LogP contribution is 2.12. The number of hydrogen-bond donors (Lipinski definition) is 1. The molecule has 0 amide bonds. The Bertz CT molecular complexity index is 139. The molecule has 0 saturated carbocycles. The Hall–Kier alpha value is -0.120. The lowest BCUT2D eigenvalue weighted by atomic mass is 10.1. The van der Waals surface area contributed by atoms with E-state index in [0.29, 0.717) is 12.1 Å². The highest BCUT2D eigenvalue weighted by Gasteiger charge is 2.22. The van der Waals surface area contributed by atoms with Gasteiger partial charge >= 0.3 is 0 Å². The summed E-state index contributed by atoms with van der Waals surface area (Å²) in [6.07, 6.45) is 2.58. The topological polar surface area (TPSA) is 38.5 Å². The van der Waals surface area contributed by atoms with Crippen molar-refractivity contribution < 1.29 is 4.74 Å². The van der Waals surface area contributed by atoms with Crippen LogP contribution < -0.4 is 5.73 Å². The van der Waals surface area contributed by atoms with Crippen LogP contribution in [-0.4, -0.2) is 43.3 Å². The lowest BCUT2D eigenvalue weighted by Crippen LogP contribution is -2.47. The Balaban J connectivity index is 2.32. The number of ether oxygens (including phenoxy) is 1. The molecule has 0 aromatic carbocycles. The van der Waals surface area contributed by atoms with Gasteiger partial charge in [-0.1, -0.05) is 6.92 Å². The van der Waals surface area contributed by atoms with Crippen LogP contribution in [0.1, 0.15) is 26.7 Å². The smallest absolute Gasteiger partial charge is 0.0714 e. The molecule has 0 bridgehead atoms. The molecule has 0 aromatic rings. The average molecular weight is 186 g/mol. The molecule has 1 heterocycles. The van der Waals surface area contributed by atoms with Gasteiger partial charge in [0.25, 0.3) is 0 Å². The molecule has 1 aliphatic rings. The first-order valence-electron chi connectivity index (χ1n) is 5.33. The summed E-state index contributed by atoms with van der Waals surface area (Å²) in [7, 11) is 0. The first-order chi connectivity index (χ1) is 6.27. The van der Waals surface area contributed by atoms with E-state index in [9.17, 15) is 0 Å². The molecule has 3 nitrogen and oxygen atoms in total. The maximum Gasteiger partial charge on any atom is 0.0714 e. The van der Waals surface area contributed by atoms with Gasteiger partial charge in [0.1, 0.15) is 0 Å². The number of morpholine rings is 1. The van der Waals surface area contributed by atoms with Crippen LogP contribution in [0.3, 0.4) is 0 Å². The van der Waals surface area contributed by atoms with Crippen LogP contribution in [0.5, 0.6) is 0 Å². The average Bonchev–Trinajstić information content (AvgIpc) is 2.18. The molecule has 1 fully saturated rings. The minimum Gasteiger partial charge on any atom is -0.376 e. The minimum atomic E-state index is 0.368. The highest BCUT2D eigenvalue weighted by atomic mass is 16.5. The summed E-state index contributed by atoms with van der Waals surface area (Å²) in [5.41, 5.74) is 5.51. The van der Waals surface area contributed by atoms with Crippen molar-refractivity contribution in [1.29, 1.82) is 0 Å². The second-order valence-electron chi connectivity index (χ2n) is 3.82. The van der Waals surface area contributed by atoms with E-state index in [-0.39, 0.29) is 0 Å². The van der Waals surface area contributed by atoms with Crippen molar-refractivity contribution in [3.63, 3.8) is 0 Å². The zero-order chi connectivity index (χ0) is 9.68. The minimum absolute atomic E-state index is 0.368. The third kappa shape index (κ3) is 3.25. The molecule has 1 saturated heterocycles. The number of hydrogen-bond acceptors (Lipinski definition) is 3. The molecule has 2 atom stereocenters. The maximum absolute atomic E-state index is 5.62. The van der Waals surface area contributed by atoms with Crippen molar-refractivity contribution in [2.75, 3.05) is 26.2 Å². The van der Waals surface area contributed by atoms with Gasteiger partial charge in [-0.3, -0.25) is 4.90 Å². The lowest BCUT2D eigenvalue weighted by molar-refractivity contribution is -0.0433. The Kier molecular flexibility index (Phi) is 4.70. The molecule has 78 valence electrons. The van der Waals surface area contributed by atoms with Gasteiger partial charge in [-0.15, -0.1) is 0 Å². The zero-order valence-corrected chi connectivity index (χ0v) is 8.83. The van der Waals surface area contributed by atoms with Crippen LogP contribution >= 0.6 is 0 Å². The van der Waals surface area contributed by atoms with Gasteiger partial charge in [-0.2, -0.15) is 0 Å². The van der Waals surface area contributed by atoms with Crippen molar-refractivity contribution in [1.82, 2.24) is 4.90 Å². The third-order valence-electron chi connectivity index (χ3n) is 2.87. The molecular weight excluding hydrogens is 164 g/mol. The van der Waals surface area contributed by atoms with E-state index in [4.69, 9.17) is 10.5 Å². The maximum atomic E-state index is 5.62. The number of nitrogens with two attached hydrogens (primary N) is 1. The van der Waals surface area contributed by atoms with E-state index in [2.05, 4.69) is 18.7 Å². The second kappa shape index (κ2) is 5.58. The Labute approximate surface area is 81.2 Å². The van der Waals surface area contributed by atoms with Crippen molar-refractivity contribution in [2.45, 2.75) is 38.8 Å². The Morgan fingerprint density at radius 2 is 2.38 bits per heavy atom. The summed E-state index contributed by atoms with van der Waals surface area (Å²) >= 11 is 0. The van der Waals surface area contributed by atoms with E-state index in [1.165, 1.54) is 6.42 Å². The molecular formula is C10H22N2O. The number of rotatable bonds is 4.